The summed E-state index contributed by atoms with van der Waals surface area (Å²) in [6, 6.07) is 1.88. The molecule has 0 heterocycles. The van der Waals surface area contributed by atoms with Gasteiger partial charge in [0.05, 0.1) is 7.11 Å². The Morgan fingerprint density at radius 1 is 1.38 bits per heavy atom. The molecule has 0 aromatic heterocycles. The van der Waals surface area contributed by atoms with Crippen LogP contribution in [0.1, 0.15) is 23.6 Å². The van der Waals surface area contributed by atoms with E-state index in [1.165, 1.54) is 0 Å². The Labute approximate surface area is 79.2 Å². The molecule has 0 atom stereocenters. The zero-order valence-corrected chi connectivity index (χ0v) is 8.64. The van der Waals surface area contributed by atoms with Crippen LogP contribution in [0.3, 0.4) is 0 Å². The first kappa shape index (κ1) is 9.90. The van der Waals surface area contributed by atoms with Gasteiger partial charge >= 0.3 is 0 Å². The molecular weight excluding hydrogens is 164 g/mol. The quantitative estimate of drug-likeness (QED) is 0.758. The minimum Gasteiger partial charge on any atom is -0.507 e. The fraction of sp³-hybridized carbons (Fsp3) is 0.455. The van der Waals surface area contributed by atoms with Crippen molar-refractivity contribution in [2.24, 2.45) is 0 Å². The van der Waals surface area contributed by atoms with Crippen molar-refractivity contribution < 1.29 is 9.84 Å². The molecule has 0 saturated heterocycles. The van der Waals surface area contributed by atoms with Gasteiger partial charge < -0.3 is 9.84 Å². The molecule has 0 aliphatic heterocycles. The first-order chi connectivity index (χ1) is 6.11. The summed E-state index contributed by atoms with van der Waals surface area (Å²) in [6.45, 7) is 5.85. The van der Waals surface area contributed by atoms with Crippen molar-refractivity contribution >= 4 is 0 Å². The van der Waals surface area contributed by atoms with Gasteiger partial charge in [-0.15, -0.1) is 0 Å². The van der Waals surface area contributed by atoms with Gasteiger partial charge in [0.15, 0.2) is 0 Å². The summed E-state index contributed by atoms with van der Waals surface area (Å²) >= 11 is 0. The van der Waals surface area contributed by atoms with Crippen molar-refractivity contribution in [1.82, 2.24) is 0 Å². The lowest BCUT2D eigenvalue weighted by molar-refractivity contribution is 0.405. The van der Waals surface area contributed by atoms with Gasteiger partial charge in [-0.05, 0) is 37.5 Å². The highest BCUT2D eigenvalue weighted by Crippen LogP contribution is 2.32. The van der Waals surface area contributed by atoms with E-state index in [4.69, 9.17) is 4.74 Å². The number of methoxy groups -OCH3 is 1. The van der Waals surface area contributed by atoms with E-state index in [1.807, 2.05) is 19.9 Å². The topological polar surface area (TPSA) is 29.5 Å². The van der Waals surface area contributed by atoms with E-state index in [-0.39, 0.29) is 0 Å². The van der Waals surface area contributed by atoms with Crippen molar-refractivity contribution in [3.05, 3.63) is 22.8 Å². The van der Waals surface area contributed by atoms with Gasteiger partial charge in [-0.1, -0.05) is 6.92 Å². The number of phenols is 1. The standard InChI is InChI=1S/C11H16O2/c1-5-9-8(3)11(12)7(2)6-10(9)13-4/h6,12H,5H2,1-4H3. The predicted octanol–water partition coefficient (Wildman–Crippen LogP) is 2.58. The van der Waals surface area contributed by atoms with Gasteiger partial charge in [0, 0.05) is 5.56 Å². The van der Waals surface area contributed by atoms with Crippen molar-refractivity contribution in [1.29, 1.82) is 0 Å². The lowest BCUT2D eigenvalue weighted by Crippen LogP contribution is -1.95. The lowest BCUT2D eigenvalue weighted by atomic mass is 10.0. The summed E-state index contributed by atoms with van der Waals surface area (Å²) in [4.78, 5) is 0. The Morgan fingerprint density at radius 2 is 2.00 bits per heavy atom. The third-order valence-electron chi connectivity index (χ3n) is 2.40. The van der Waals surface area contributed by atoms with Crippen LogP contribution >= 0.6 is 0 Å². The van der Waals surface area contributed by atoms with Crippen LogP contribution in [-0.2, 0) is 6.42 Å². The van der Waals surface area contributed by atoms with Crippen molar-refractivity contribution in [3.8, 4) is 11.5 Å². The number of hydrogen-bond donors (Lipinski definition) is 1. The van der Waals surface area contributed by atoms with E-state index >= 15 is 0 Å². The molecule has 72 valence electrons. The van der Waals surface area contributed by atoms with Gasteiger partial charge in [-0.25, -0.2) is 0 Å². The van der Waals surface area contributed by atoms with Gasteiger partial charge in [0.25, 0.3) is 0 Å². The number of rotatable bonds is 2. The molecule has 0 aliphatic rings. The summed E-state index contributed by atoms with van der Waals surface area (Å²) in [5, 5.41) is 9.68. The fourth-order valence-electron chi connectivity index (χ4n) is 1.60. The highest BCUT2D eigenvalue weighted by Gasteiger charge is 2.10. The molecule has 13 heavy (non-hydrogen) atoms. The van der Waals surface area contributed by atoms with Crippen molar-refractivity contribution in [2.45, 2.75) is 27.2 Å². The molecule has 1 rings (SSSR count). The van der Waals surface area contributed by atoms with Crippen LogP contribution in [-0.4, -0.2) is 12.2 Å². The van der Waals surface area contributed by atoms with Crippen LogP contribution in [0.2, 0.25) is 0 Å². The normalized spacial score (nSPS) is 10.2. The Bertz CT molecular complexity index is 316. The highest BCUT2D eigenvalue weighted by atomic mass is 16.5. The van der Waals surface area contributed by atoms with E-state index in [0.717, 1.165) is 28.9 Å². The molecule has 0 saturated carbocycles. The highest BCUT2D eigenvalue weighted by molar-refractivity contribution is 5.51. The van der Waals surface area contributed by atoms with Gasteiger partial charge in [0.1, 0.15) is 11.5 Å². The van der Waals surface area contributed by atoms with E-state index in [0.29, 0.717) is 5.75 Å². The van der Waals surface area contributed by atoms with Crippen LogP contribution in [0.15, 0.2) is 6.07 Å². The summed E-state index contributed by atoms with van der Waals surface area (Å²) < 4.78 is 5.24. The third-order valence-corrected chi connectivity index (χ3v) is 2.40. The second-order valence-corrected chi connectivity index (χ2v) is 3.20. The molecule has 0 aliphatic carbocycles. The first-order valence-electron chi connectivity index (χ1n) is 4.47. The number of aromatic hydroxyl groups is 1. The fourth-order valence-corrected chi connectivity index (χ4v) is 1.60. The molecule has 0 unspecified atom stereocenters. The zero-order chi connectivity index (χ0) is 10.0. The monoisotopic (exact) mass is 180 g/mol. The van der Waals surface area contributed by atoms with Crippen LogP contribution in [0.25, 0.3) is 0 Å². The molecular formula is C11H16O2. The molecule has 0 fully saturated rings. The second-order valence-electron chi connectivity index (χ2n) is 3.20. The summed E-state index contributed by atoms with van der Waals surface area (Å²) in [5.74, 6) is 1.26. The maximum absolute atomic E-state index is 9.68. The molecule has 2 heteroatoms. The molecule has 1 aromatic carbocycles. The lowest BCUT2D eigenvalue weighted by Gasteiger charge is -2.13. The first-order valence-corrected chi connectivity index (χ1v) is 4.47. The van der Waals surface area contributed by atoms with Crippen LogP contribution in [0, 0.1) is 13.8 Å². The van der Waals surface area contributed by atoms with E-state index in [9.17, 15) is 5.11 Å². The zero-order valence-electron chi connectivity index (χ0n) is 8.64. The largest absolute Gasteiger partial charge is 0.507 e. The second kappa shape index (κ2) is 3.69. The molecule has 0 bridgehead atoms. The number of hydrogen-bond acceptors (Lipinski definition) is 2. The van der Waals surface area contributed by atoms with Crippen LogP contribution in [0.5, 0.6) is 11.5 Å². The van der Waals surface area contributed by atoms with E-state index in [1.54, 1.807) is 7.11 Å². The van der Waals surface area contributed by atoms with Gasteiger partial charge in [0.2, 0.25) is 0 Å². The Kier molecular flexibility index (Phi) is 2.81. The minimum atomic E-state index is 0.387. The molecule has 0 radical (unpaired) electrons. The Balaban J connectivity index is 3.39. The van der Waals surface area contributed by atoms with Crippen LogP contribution in [0.4, 0.5) is 0 Å². The average molecular weight is 180 g/mol. The van der Waals surface area contributed by atoms with E-state index < -0.39 is 0 Å². The van der Waals surface area contributed by atoms with Gasteiger partial charge in [-0.2, -0.15) is 0 Å². The van der Waals surface area contributed by atoms with Crippen LogP contribution < -0.4 is 4.74 Å². The maximum atomic E-state index is 9.68. The van der Waals surface area contributed by atoms with Gasteiger partial charge in [-0.3, -0.25) is 0 Å². The summed E-state index contributed by atoms with van der Waals surface area (Å²) in [5.41, 5.74) is 2.89. The molecule has 1 N–H and O–H groups in total. The molecule has 0 spiro atoms. The third kappa shape index (κ3) is 1.62. The number of phenolic OH excluding ortho intramolecular Hbond substituents is 1. The van der Waals surface area contributed by atoms with Crippen molar-refractivity contribution in [2.75, 3.05) is 7.11 Å². The van der Waals surface area contributed by atoms with Crippen molar-refractivity contribution in [3.63, 3.8) is 0 Å². The summed E-state index contributed by atoms with van der Waals surface area (Å²) in [7, 11) is 1.66. The molecule has 0 amide bonds. The number of ether oxygens (including phenoxy) is 1. The summed E-state index contributed by atoms with van der Waals surface area (Å²) in [6.07, 6.45) is 0.878. The molecule has 1 aromatic rings. The molecule has 2 nitrogen and oxygen atoms in total. The Morgan fingerprint density at radius 3 is 2.46 bits per heavy atom. The Hall–Kier alpha value is -1.18. The van der Waals surface area contributed by atoms with E-state index in [2.05, 4.69) is 6.92 Å². The predicted molar refractivity (Wildman–Crippen MR) is 53.5 cm³/mol. The SMILES string of the molecule is CCc1c(OC)cc(C)c(O)c1C. The smallest absolute Gasteiger partial charge is 0.122 e. The number of benzene rings is 1. The minimum absolute atomic E-state index is 0.387. The number of aryl methyl sites for hydroxylation is 1. The average Bonchev–Trinajstić information content (AvgIpc) is 2.13. The maximum Gasteiger partial charge on any atom is 0.122 e.